The van der Waals surface area contributed by atoms with Gasteiger partial charge in [-0.05, 0) is 42.5 Å². The zero-order chi connectivity index (χ0) is 17.6. The van der Waals surface area contributed by atoms with Crippen LogP contribution >= 0.6 is 23.2 Å². The molecule has 1 amide bonds. The Morgan fingerprint density at radius 1 is 0.960 bits per heavy atom. The molecule has 0 bridgehead atoms. The fraction of sp³-hybridized carbons (Fsp3) is 0.0556. The predicted octanol–water partition coefficient (Wildman–Crippen LogP) is 4.46. The van der Waals surface area contributed by atoms with Crippen molar-refractivity contribution in [2.24, 2.45) is 0 Å². The van der Waals surface area contributed by atoms with Crippen molar-refractivity contribution in [3.8, 4) is 0 Å². The summed E-state index contributed by atoms with van der Waals surface area (Å²) < 4.78 is 0. The molecule has 0 unspecified atom stereocenters. The fourth-order valence-electron chi connectivity index (χ4n) is 2.14. The van der Waals surface area contributed by atoms with Gasteiger partial charge in [-0.2, -0.15) is 0 Å². The van der Waals surface area contributed by atoms with E-state index >= 15 is 0 Å². The summed E-state index contributed by atoms with van der Waals surface area (Å²) >= 11 is 11.9. The van der Waals surface area contributed by atoms with Crippen molar-refractivity contribution in [1.29, 1.82) is 0 Å². The second-order valence-electron chi connectivity index (χ2n) is 5.19. The van der Waals surface area contributed by atoms with Gasteiger partial charge in [0.25, 0.3) is 5.91 Å². The molecule has 0 saturated carbocycles. The van der Waals surface area contributed by atoms with Crippen LogP contribution in [-0.4, -0.2) is 15.9 Å². The minimum atomic E-state index is -0.203. The van der Waals surface area contributed by atoms with Crippen molar-refractivity contribution in [1.82, 2.24) is 15.3 Å². The van der Waals surface area contributed by atoms with Gasteiger partial charge in [-0.1, -0.05) is 29.3 Å². The molecular weight excluding hydrogens is 359 g/mol. The van der Waals surface area contributed by atoms with Gasteiger partial charge in [-0.3, -0.25) is 9.78 Å². The Morgan fingerprint density at radius 3 is 2.60 bits per heavy atom. The molecule has 25 heavy (non-hydrogen) atoms. The van der Waals surface area contributed by atoms with Crippen molar-refractivity contribution in [3.63, 3.8) is 0 Å². The second kappa shape index (κ2) is 7.96. The largest absolute Gasteiger partial charge is 0.346 e. The molecule has 3 aromatic rings. The summed E-state index contributed by atoms with van der Waals surface area (Å²) in [5.41, 5.74) is 2.01. The zero-order valence-electron chi connectivity index (χ0n) is 13.0. The number of pyridine rings is 2. The molecule has 3 rings (SSSR count). The molecule has 1 aromatic carbocycles. The average molecular weight is 373 g/mol. The Balaban J connectivity index is 1.68. The lowest BCUT2D eigenvalue weighted by Crippen LogP contribution is -2.23. The van der Waals surface area contributed by atoms with Crippen LogP contribution in [0.4, 0.5) is 11.5 Å². The number of nitrogens with zero attached hydrogens (tertiary/aromatic N) is 2. The highest BCUT2D eigenvalue weighted by molar-refractivity contribution is 6.42. The predicted molar refractivity (Wildman–Crippen MR) is 99.4 cm³/mol. The first kappa shape index (κ1) is 17.2. The van der Waals surface area contributed by atoms with E-state index in [2.05, 4.69) is 20.6 Å². The van der Waals surface area contributed by atoms with E-state index in [0.29, 0.717) is 28.0 Å². The van der Waals surface area contributed by atoms with E-state index in [1.54, 1.807) is 42.7 Å². The summed E-state index contributed by atoms with van der Waals surface area (Å²) in [7, 11) is 0. The van der Waals surface area contributed by atoms with Gasteiger partial charge in [0.1, 0.15) is 5.82 Å². The van der Waals surface area contributed by atoms with Crippen molar-refractivity contribution >= 4 is 40.6 Å². The van der Waals surface area contributed by atoms with E-state index < -0.39 is 0 Å². The summed E-state index contributed by atoms with van der Waals surface area (Å²) in [6.07, 6.45) is 3.25. The summed E-state index contributed by atoms with van der Waals surface area (Å²) in [4.78, 5) is 20.7. The topological polar surface area (TPSA) is 66.9 Å². The molecule has 5 nitrogen and oxygen atoms in total. The minimum Gasteiger partial charge on any atom is -0.346 e. The number of halogens is 2. The molecule has 2 heterocycles. The smallest absolute Gasteiger partial charge is 0.251 e. The van der Waals surface area contributed by atoms with Gasteiger partial charge in [0.15, 0.2) is 0 Å². The highest BCUT2D eigenvalue weighted by Gasteiger charge is 2.08. The van der Waals surface area contributed by atoms with Crippen molar-refractivity contribution in [2.45, 2.75) is 6.54 Å². The zero-order valence-corrected chi connectivity index (χ0v) is 14.6. The van der Waals surface area contributed by atoms with Gasteiger partial charge < -0.3 is 10.6 Å². The van der Waals surface area contributed by atoms with Crippen LogP contribution in [0.5, 0.6) is 0 Å². The van der Waals surface area contributed by atoms with Crippen molar-refractivity contribution < 1.29 is 4.79 Å². The molecule has 2 aromatic heterocycles. The third-order valence-corrected chi connectivity index (χ3v) is 4.11. The number of benzene rings is 1. The monoisotopic (exact) mass is 372 g/mol. The first-order valence-electron chi connectivity index (χ1n) is 7.48. The molecule has 7 heteroatoms. The third kappa shape index (κ3) is 4.68. The Labute approximate surface area is 155 Å². The highest BCUT2D eigenvalue weighted by atomic mass is 35.5. The number of nitrogens with one attached hydrogen (secondary N) is 2. The standard InChI is InChI=1S/C18H14Cl2N4O/c19-15-5-4-13(10-16(15)20)24-17-9-12(6-8-22-17)18(25)23-11-14-3-1-2-7-21-14/h1-10H,11H2,(H,22,24)(H,23,25). The quantitative estimate of drug-likeness (QED) is 0.693. The van der Waals surface area contributed by atoms with Gasteiger partial charge in [0.05, 0.1) is 22.3 Å². The van der Waals surface area contributed by atoms with Crippen LogP contribution in [0, 0.1) is 0 Å². The van der Waals surface area contributed by atoms with Gasteiger partial charge in [0.2, 0.25) is 0 Å². The molecule has 0 aliphatic carbocycles. The maximum atomic E-state index is 12.3. The van der Waals surface area contributed by atoms with Crippen LogP contribution in [-0.2, 0) is 6.54 Å². The summed E-state index contributed by atoms with van der Waals surface area (Å²) in [5, 5.41) is 6.84. The number of anilines is 2. The van der Waals surface area contributed by atoms with Crippen LogP contribution in [0.15, 0.2) is 60.9 Å². The lowest BCUT2D eigenvalue weighted by atomic mass is 10.2. The Bertz CT molecular complexity index is 887. The molecule has 126 valence electrons. The third-order valence-electron chi connectivity index (χ3n) is 3.37. The maximum absolute atomic E-state index is 12.3. The fourth-order valence-corrected chi connectivity index (χ4v) is 2.44. The Kier molecular flexibility index (Phi) is 5.48. The van der Waals surface area contributed by atoms with Gasteiger partial charge in [0, 0.05) is 23.6 Å². The number of carbonyl (C=O) groups excluding carboxylic acids is 1. The average Bonchev–Trinajstić information content (AvgIpc) is 2.64. The number of aromatic nitrogens is 2. The van der Waals surface area contributed by atoms with Crippen molar-refractivity contribution in [2.75, 3.05) is 5.32 Å². The molecular formula is C18H14Cl2N4O. The highest BCUT2D eigenvalue weighted by Crippen LogP contribution is 2.26. The van der Waals surface area contributed by atoms with Crippen LogP contribution in [0.25, 0.3) is 0 Å². The van der Waals surface area contributed by atoms with Crippen LogP contribution in [0.2, 0.25) is 10.0 Å². The summed E-state index contributed by atoms with van der Waals surface area (Å²) in [6, 6.07) is 14.0. The minimum absolute atomic E-state index is 0.203. The van der Waals surface area contributed by atoms with E-state index in [4.69, 9.17) is 23.2 Å². The van der Waals surface area contributed by atoms with Gasteiger partial charge in [-0.25, -0.2) is 4.98 Å². The second-order valence-corrected chi connectivity index (χ2v) is 6.00. The number of hydrogen-bond donors (Lipinski definition) is 2. The van der Waals surface area contributed by atoms with E-state index in [1.165, 1.54) is 0 Å². The molecule has 0 spiro atoms. The number of rotatable bonds is 5. The lowest BCUT2D eigenvalue weighted by molar-refractivity contribution is 0.0950. The summed E-state index contributed by atoms with van der Waals surface area (Å²) in [6.45, 7) is 0.359. The van der Waals surface area contributed by atoms with E-state index in [0.717, 1.165) is 11.4 Å². The number of amides is 1. The van der Waals surface area contributed by atoms with E-state index in [-0.39, 0.29) is 5.91 Å². The van der Waals surface area contributed by atoms with Crippen LogP contribution in [0.3, 0.4) is 0 Å². The van der Waals surface area contributed by atoms with Gasteiger partial charge in [-0.15, -0.1) is 0 Å². The Morgan fingerprint density at radius 2 is 1.84 bits per heavy atom. The van der Waals surface area contributed by atoms with Crippen LogP contribution in [0.1, 0.15) is 16.1 Å². The number of carbonyl (C=O) groups is 1. The summed E-state index contributed by atoms with van der Waals surface area (Å²) in [5.74, 6) is 0.328. The molecule has 0 aliphatic rings. The van der Waals surface area contributed by atoms with Crippen LogP contribution < -0.4 is 10.6 Å². The van der Waals surface area contributed by atoms with Crippen molar-refractivity contribution in [3.05, 3.63) is 82.2 Å². The van der Waals surface area contributed by atoms with E-state index in [1.807, 2.05) is 18.2 Å². The molecule has 0 saturated heterocycles. The SMILES string of the molecule is O=C(NCc1ccccn1)c1ccnc(Nc2ccc(Cl)c(Cl)c2)c1. The molecule has 0 fully saturated rings. The molecule has 0 radical (unpaired) electrons. The molecule has 0 aliphatic heterocycles. The normalized spacial score (nSPS) is 10.3. The first-order chi connectivity index (χ1) is 12.1. The maximum Gasteiger partial charge on any atom is 0.251 e. The first-order valence-corrected chi connectivity index (χ1v) is 8.23. The Hall–Kier alpha value is -2.63. The molecule has 2 N–H and O–H groups in total. The van der Waals surface area contributed by atoms with E-state index in [9.17, 15) is 4.79 Å². The molecule has 0 atom stereocenters. The number of hydrogen-bond acceptors (Lipinski definition) is 4. The lowest BCUT2D eigenvalue weighted by Gasteiger charge is -2.09. The van der Waals surface area contributed by atoms with Gasteiger partial charge >= 0.3 is 0 Å².